The molecular weight excluding hydrogens is 336 g/mol. The molecule has 1 aliphatic heterocycles. The van der Waals surface area contributed by atoms with Crippen LogP contribution in [0.3, 0.4) is 0 Å². The Labute approximate surface area is 151 Å². The zero-order chi connectivity index (χ0) is 18.7. The Balaban J connectivity index is 1.80. The molecule has 136 valence electrons. The quantitative estimate of drug-likeness (QED) is 0.654. The Morgan fingerprint density at radius 2 is 1.73 bits per heavy atom. The van der Waals surface area contributed by atoms with Crippen molar-refractivity contribution in [3.8, 4) is 11.5 Å². The number of amides is 1. The van der Waals surface area contributed by atoms with E-state index in [2.05, 4.69) is 5.32 Å². The molecule has 3 rings (SSSR count). The molecule has 0 fully saturated rings. The highest BCUT2D eigenvalue weighted by Gasteiger charge is 2.22. The summed E-state index contributed by atoms with van der Waals surface area (Å²) >= 11 is 0. The minimum Gasteiger partial charge on any atom is -0.486 e. The summed E-state index contributed by atoms with van der Waals surface area (Å²) in [6.45, 7) is 5.05. The van der Waals surface area contributed by atoms with Crippen molar-refractivity contribution < 1.29 is 19.2 Å². The zero-order valence-electron chi connectivity index (χ0n) is 14.6. The molecular formula is C19H20N2O5. The number of nitrogens with zero attached hydrogens (tertiary/aromatic N) is 1. The SMILES string of the molecule is CC(C)[C@@H](NC(=O)c1ccc([N+](=O)[O-])cc1)c1ccc2c(c1)OCCO2. The number of ether oxygens (including phenoxy) is 2. The van der Waals surface area contributed by atoms with E-state index in [9.17, 15) is 14.9 Å². The van der Waals surface area contributed by atoms with Crippen LogP contribution in [0.5, 0.6) is 11.5 Å². The fraction of sp³-hybridized carbons (Fsp3) is 0.316. The Morgan fingerprint density at radius 1 is 1.08 bits per heavy atom. The molecule has 2 aromatic carbocycles. The molecule has 1 heterocycles. The molecule has 0 bridgehead atoms. The van der Waals surface area contributed by atoms with Crippen LogP contribution in [-0.4, -0.2) is 24.0 Å². The molecule has 7 nitrogen and oxygen atoms in total. The summed E-state index contributed by atoms with van der Waals surface area (Å²) in [6.07, 6.45) is 0. The van der Waals surface area contributed by atoms with Crippen molar-refractivity contribution in [1.29, 1.82) is 0 Å². The lowest BCUT2D eigenvalue weighted by molar-refractivity contribution is -0.384. The van der Waals surface area contributed by atoms with Gasteiger partial charge in [-0.3, -0.25) is 14.9 Å². The molecule has 0 spiro atoms. The molecule has 1 atom stereocenters. The maximum atomic E-state index is 12.6. The molecule has 0 aromatic heterocycles. The average molecular weight is 356 g/mol. The summed E-state index contributed by atoms with van der Waals surface area (Å²) in [5.74, 6) is 1.22. The van der Waals surface area contributed by atoms with Crippen LogP contribution in [0.4, 0.5) is 5.69 Å². The highest BCUT2D eigenvalue weighted by atomic mass is 16.6. The fourth-order valence-corrected chi connectivity index (χ4v) is 2.85. The predicted octanol–water partition coefficient (Wildman–Crippen LogP) is 3.49. The monoisotopic (exact) mass is 356 g/mol. The van der Waals surface area contributed by atoms with Crippen LogP contribution in [0, 0.1) is 16.0 Å². The van der Waals surface area contributed by atoms with E-state index in [1.54, 1.807) is 0 Å². The lowest BCUT2D eigenvalue weighted by atomic mass is 9.95. The normalized spacial score (nSPS) is 14.0. The van der Waals surface area contributed by atoms with E-state index in [4.69, 9.17) is 9.47 Å². The second-order valence-corrected chi connectivity index (χ2v) is 6.40. The number of rotatable bonds is 5. The topological polar surface area (TPSA) is 90.7 Å². The number of hydrogen-bond acceptors (Lipinski definition) is 5. The van der Waals surface area contributed by atoms with Gasteiger partial charge in [0.25, 0.3) is 11.6 Å². The van der Waals surface area contributed by atoms with Crippen LogP contribution in [0.25, 0.3) is 0 Å². The molecule has 7 heteroatoms. The van der Waals surface area contributed by atoms with Crippen LogP contribution in [0.15, 0.2) is 42.5 Å². The molecule has 26 heavy (non-hydrogen) atoms. The van der Waals surface area contributed by atoms with Gasteiger partial charge in [-0.25, -0.2) is 0 Å². The number of nitro groups is 1. The third-order valence-electron chi connectivity index (χ3n) is 4.22. The molecule has 0 saturated heterocycles. The average Bonchev–Trinajstić information content (AvgIpc) is 2.65. The van der Waals surface area contributed by atoms with Gasteiger partial charge in [0.1, 0.15) is 13.2 Å². The number of nitrogens with one attached hydrogen (secondary N) is 1. The predicted molar refractivity (Wildman–Crippen MR) is 95.6 cm³/mol. The van der Waals surface area contributed by atoms with Gasteiger partial charge in [-0.1, -0.05) is 19.9 Å². The maximum Gasteiger partial charge on any atom is 0.269 e. The standard InChI is InChI=1S/C19H20N2O5/c1-12(2)18(14-5-8-16-17(11-14)26-10-9-25-16)20-19(22)13-3-6-15(7-4-13)21(23)24/h3-8,11-12,18H,9-10H2,1-2H3,(H,20,22)/t18-/m1/s1. The summed E-state index contributed by atoms with van der Waals surface area (Å²) in [7, 11) is 0. The number of hydrogen-bond donors (Lipinski definition) is 1. The lowest BCUT2D eigenvalue weighted by Gasteiger charge is -2.25. The summed E-state index contributed by atoms with van der Waals surface area (Å²) in [5, 5.41) is 13.7. The van der Waals surface area contributed by atoms with Gasteiger partial charge in [-0.15, -0.1) is 0 Å². The van der Waals surface area contributed by atoms with E-state index in [0.717, 1.165) is 5.56 Å². The third-order valence-corrected chi connectivity index (χ3v) is 4.22. The van der Waals surface area contributed by atoms with Gasteiger partial charge in [0.15, 0.2) is 11.5 Å². The van der Waals surface area contributed by atoms with Crippen LogP contribution >= 0.6 is 0 Å². The van der Waals surface area contributed by atoms with Crippen molar-refractivity contribution in [2.45, 2.75) is 19.9 Å². The van der Waals surface area contributed by atoms with Crippen molar-refractivity contribution in [2.24, 2.45) is 5.92 Å². The molecule has 0 aliphatic carbocycles. The number of carbonyl (C=O) groups is 1. The lowest BCUT2D eigenvalue weighted by Crippen LogP contribution is -2.31. The van der Waals surface area contributed by atoms with Crippen molar-refractivity contribution in [1.82, 2.24) is 5.32 Å². The van der Waals surface area contributed by atoms with Gasteiger partial charge in [0, 0.05) is 17.7 Å². The minimum atomic E-state index is -0.492. The Kier molecular flexibility index (Phi) is 5.06. The van der Waals surface area contributed by atoms with Gasteiger partial charge in [0.05, 0.1) is 11.0 Å². The van der Waals surface area contributed by atoms with Crippen molar-refractivity contribution >= 4 is 11.6 Å². The third kappa shape index (κ3) is 3.77. The largest absolute Gasteiger partial charge is 0.486 e. The highest BCUT2D eigenvalue weighted by Crippen LogP contribution is 2.34. The first kappa shape index (κ1) is 17.7. The van der Waals surface area contributed by atoms with E-state index < -0.39 is 4.92 Å². The van der Waals surface area contributed by atoms with E-state index in [1.165, 1.54) is 24.3 Å². The first-order valence-electron chi connectivity index (χ1n) is 8.40. The first-order chi connectivity index (χ1) is 12.5. The second-order valence-electron chi connectivity index (χ2n) is 6.40. The number of fused-ring (bicyclic) bond motifs is 1. The minimum absolute atomic E-state index is 0.0474. The van der Waals surface area contributed by atoms with Gasteiger partial charge in [0.2, 0.25) is 0 Å². The van der Waals surface area contributed by atoms with Crippen molar-refractivity contribution in [2.75, 3.05) is 13.2 Å². The second kappa shape index (κ2) is 7.43. The van der Waals surface area contributed by atoms with Crippen LogP contribution in [0.2, 0.25) is 0 Å². The molecule has 0 unspecified atom stereocenters. The summed E-state index contributed by atoms with van der Waals surface area (Å²) in [6, 6.07) is 11.0. The van der Waals surface area contributed by atoms with Crippen molar-refractivity contribution in [3.05, 3.63) is 63.7 Å². The Morgan fingerprint density at radius 3 is 2.35 bits per heavy atom. The fourth-order valence-electron chi connectivity index (χ4n) is 2.85. The maximum absolute atomic E-state index is 12.6. The zero-order valence-corrected chi connectivity index (χ0v) is 14.6. The van der Waals surface area contributed by atoms with Crippen LogP contribution < -0.4 is 14.8 Å². The molecule has 1 amide bonds. The molecule has 2 aromatic rings. The summed E-state index contributed by atoms with van der Waals surface area (Å²) in [4.78, 5) is 22.8. The summed E-state index contributed by atoms with van der Waals surface area (Å²) < 4.78 is 11.1. The van der Waals surface area contributed by atoms with Gasteiger partial charge >= 0.3 is 0 Å². The molecule has 0 saturated carbocycles. The van der Waals surface area contributed by atoms with Crippen LogP contribution in [-0.2, 0) is 0 Å². The van der Waals surface area contributed by atoms with E-state index in [1.807, 2.05) is 32.0 Å². The Bertz CT molecular complexity index is 817. The van der Waals surface area contributed by atoms with Crippen molar-refractivity contribution in [3.63, 3.8) is 0 Å². The smallest absolute Gasteiger partial charge is 0.269 e. The highest BCUT2D eigenvalue weighted by molar-refractivity contribution is 5.94. The number of non-ortho nitro benzene ring substituents is 1. The first-order valence-corrected chi connectivity index (χ1v) is 8.40. The van der Waals surface area contributed by atoms with Gasteiger partial charge in [-0.05, 0) is 35.7 Å². The van der Waals surface area contributed by atoms with E-state index >= 15 is 0 Å². The number of nitro benzene ring substituents is 1. The molecule has 1 aliphatic rings. The van der Waals surface area contributed by atoms with E-state index in [-0.39, 0.29) is 23.6 Å². The van der Waals surface area contributed by atoms with E-state index in [0.29, 0.717) is 30.3 Å². The Hall–Kier alpha value is -3.09. The van der Waals surface area contributed by atoms with Gasteiger partial charge < -0.3 is 14.8 Å². The number of carbonyl (C=O) groups excluding carboxylic acids is 1. The molecule has 1 N–H and O–H groups in total. The number of benzene rings is 2. The van der Waals surface area contributed by atoms with Gasteiger partial charge in [-0.2, -0.15) is 0 Å². The van der Waals surface area contributed by atoms with Crippen LogP contribution in [0.1, 0.15) is 35.8 Å². The summed E-state index contributed by atoms with van der Waals surface area (Å²) in [5.41, 5.74) is 1.24. The molecule has 0 radical (unpaired) electrons.